The van der Waals surface area contributed by atoms with Gasteiger partial charge in [0.2, 0.25) is 11.8 Å². The zero-order valence-corrected chi connectivity index (χ0v) is 20.2. The van der Waals surface area contributed by atoms with Crippen molar-refractivity contribution in [1.82, 2.24) is 10.2 Å². The Kier molecular flexibility index (Phi) is 8.70. The lowest BCUT2D eigenvalue weighted by atomic mass is 10.1. The minimum absolute atomic E-state index is 0.0919. The van der Waals surface area contributed by atoms with Crippen molar-refractivity contribution in [2.24, 2.45) is 0 Å². The highest BCUT2D eigenvalue weighted by Gasteiger charge is 2.28. The number of aryl methyl sites for hydroxylation is 1. The lowest BCUT2D eigenvalue weighted by Crippen LogP contribution is -2.50. The predicted molar refractivity (Wildman–Crippen MR) is 129 cm³/mol. The molecular weight excluding hydrogens is 451 g/mol. The van der Waals surface area contributed by atoms with Crippen molar-refractivity contribution in [2.45, 2.75) is 63.1 Å². The van der Waals surface area contributed by atoms with E-state index in [0.717, 1.165) is 36.1 Å². The number of hydrogen-bond donors (Lipinski definition) is 1. The molecule has 1 aliphatic rings. The number of carbonyl (C=O) groups is 2. The average Bonchev–Trinajstić information content (AvgIpc) is 3.26. The lowest BCUT2D eigenvalue weighted by Gasteiger charge is -2.29. The second-order valence-corrected chi connectivity index (χ2v) is 9.90. The predicted octanol–water partition coefficient (Wildman–Crippen LogP) is 5.87. The van der Waals surface area contributed by atoms with Crippen molar-refractivity contribution in [3.63, 3.8) is 0 Å². The van der Waals surface area contributed by atoms with E-state index in [9.17, 15) is 9.59 Å². The van der Waals surface area contributed by atoms with Crippen LogP contribution in [0, 0.1) is 6.92 Å². The summed E-state index contributed by atoms with van der Waals surface area (Å²) in [5, 5.41) is 4.01. The van der Waals surface area contributed by atoms with Crippen LogP contribution in [0.5, 0.6) is 0 Å². The first-order valence-corrected chi connectivity index (χ1v) is 12.3. The highest BCUT2D eigenvalue weighted by molar-refractivity contribution is 8.00. The Hall–Kier alpha value is -1.69. The molecule has 1 saturated carbocycles. The Morgan fingerprint density at radius 1 is 1.10 bits per heavy atom. The molecule has 0 radical (unpaired) electrons. The Morgan fingerprint density at radius 3 is 2.42 bits per heavy atom. The molecule has 2 aromatic rings. The standard InChI is InChI=1S/C24H28Cl2N2O2S/c1-16-7-10-20(11-8-16)31-15-23(29)28(14-18-9-12-21(25)22(26)13-18)17(2)24(30)27-19-5-3-4-6-19/h7-13,17,19H,3-6,14-15H2,1-2H3,(H,27,30)/t17-/m0/s1. The highest BCUT2D eigenvalue weighted by Crippen LogP contribution is 2.25. The van der Waals surface area contributed by atoms with Crippen LogP contribution in [0.2, 0.25) is 10.0 Å². The normalized spacial score (nSPS) is 15.0. The summed E-state index contributed by atoms with van der Waals surface area (Å²) in [6.07, 6.45) is 4.28. The van der Waals surface area contributed by atoms with Gasteiger partial charge in [0.1, 0.15) is 6.04 Å². The van der Waals surface area contributed by atoms with Crippen LogP contribution in [0.4, 0.5) is 0 Å². The molecule has 0 saturated heterocycles. The van der Waals surface area contributed by atoms with E-state index in [-0.39, 0.29) is 23.6 Å². The van der Waals surface area contributed by atoms with Gasteiger partial charge in [-0.05, 0) is 56.5 Å². The summed E-state index contributed by atoms with van der Waals surface area (Å²) in [5.41, 5.74) is 2.01. The number of rotatable bonds is 8. The van der Waals surface area contributed by atoms with Crippen molar-refractivity contribution < 1.29 is 9.59 Å². The largest absolute Gasteiger partial charge is 0.352 e. The summed E-state index contributed by atoms with van der Waals surface area (Å²) in [6, 6.07) is 13.0. The zero-order chi connectivity index (χ0) is 22.4. The molecule has 2 amide bonds. The van der Waals surface area contributed by atoms with Crippen LogP contribution in [0.15, 0.2) is 47.4 Å². The second-order valence-electron chi connectivity index (χ2n) is 8.04. The van der Waals surface area contributed by atoms with E-state index in [1.54, 1.807) is 24.0 Å². The number of hydrogen-bond acceptors (Lipinski definition) is 3. The fourth-order valence-corrected chi connectivity index (χ4v) is 4.78. The van der Waals surface area contributed by atoms with Gasteiger partial charge in [-0.3, -0.25) is 9.59 Å². The maximum Gasteiger partial charge on any atom is 0.242 e. The first-order chi connectivity index (χ1) is 14.8. The molecule has 1 fully saturated rings. The van der Waals surface area contributed by atoms with Gasteiger partial charge in [-0.25, -0.2) is 0 Å². The van der Waals surface area contributed by atoms with E-state index >= 15 is 0 Å². The van der Waals surface area contributed by atoms with Gasteiger partial charge in [-0.2, -0.15) is 0 Å². The number of amides is 2. The van der Waals surface area contributed by atoms with Gasteiger partial charge in [0.25, 0.3) is 0 Å². The Morgan fingerprint density at radius 2 is 1.77 bits per heavy atom. The van der Waals surface area contributed by atoms with Crippen LogP contribution < -0.4 is 5.32 Å². The number of thioether (sulfide) groups is 1. The summed E-state index contributed by atoms with van der Waals surface area (Å²) < 4.78 is 0. The van der Waals surface area contributed by atoms with Crippen molar-refractivity contribution in [3.8, 4) is 0 Å². The van der Waals surface area contributed by atoms with Crippen LogP contribution in [-0.4, -0.2) is 34.6 Å². The molecule has 3 rings (SSSR count). The van der Waals surface area contributed by atoms with Crippen molar-refractivity contribution in [3.05, 3.63) is 63.6 Å². The highest BCUT2D eigenvalue weighted by atomic mass is 35.5. The molecule has 4 nitrogen and oxygen atoms in total. The SMILES string of the molecule is Cc1ccc(SCC(=O)N(Cc2ccc(Cl)c(Cl)c2)[C@@H](C)C(=O)NC2CCCC2)cc1. The molecular formula is C24H28Cl2N2O2S. The first-order valence-electron chi connectivity index (χ1n) is 10.6. The second kappa shape index (κ2) is 11.3. The number of nitrogens with one attached hydrogen (secondary N) is 1. The van der Waals surface area contributed by atoms with Gasteiger partial charge in [-0.1, -0.05) is 59.8 Å². The molecule has 166 valence electrons. The molecule has 0 unspecified atom stereocenters. The molecule has 0 aromatic heterocycles. The van der Waals surface area contributed by atoms with E-state index in [2.05, 4.69) is 5.32 Å². The van der Waals surface area contributed by atoms with E-state index < -0.39 is 6.04 Å². The number of halogens is 2. The molecule has 1 N–H and O–H groups in total. The molecule has 0 heterocycles. The van der Waals surface area contributed by atoms with Crippen molar-refractivity contribution in [1.29, 1.82) is 0 Å². The summed E-state index contributed by atoms with van der Waals surface area (Å²) in [6.45, 7) is 4.11. The molecule has 0 spiro atoms. The molecule has 2 aromatic carbocycles. The first kappa shape index (κ1) is 24.0. The van der Waals surface area contributed by atoms with E-state index in [4.69, 9.17) is 23.2 Å². The third-order valence-electron chi connectivity index (χ3n) is 5.59. The van der Waals surface area contributed by atoms with Crippen LogP contribution in [-0.2, 0) is 16.1 Å². The van der Waals surface area contributed by atoms with Crippen LogP contribution >= 0.6 is 35.0 Å². The third-order valence-corrected chi connectivity index (χ3v) is 7.32. The molecule has 0 aliphatic heterocycles. The Balaban J connectivity index is 1.72. The maximum absolute atomic E-state index is 13.2. The fraction of sp³-hybridized carbons (Fsp3) is 0.417. The van der Waals surface area contributed by atoms with E-state index in [0.29, 0.717) is 16.6 Å². The van der Waals surface area contributed by atoms with Gasteiger partial charge in [-0.15, -0.1) is 11.8 Å². The lowest BCUT2D eigenvalue weighted by molar-refractivity contribution is -0.138. The average molecular weight is 479 g/mol. The Bertz CT molecular complexity index is 914. The summed E-state index contributed by atoms with van der Waals surface area (Å²) in [7, 11) is 0. The van der Waals surface area contributed by atoms with Crippen molar-refractivity contribution >= 4 is 46.8 Å². The van der Waals surface area contributed by atoms with Gasteiger partial charge >= 0.3 is 0 Å². The molecule has 0 bridgehead atoms. The quantitative estimate of drug-likeness (QED) is 0.482. The number of nitrogens with zero attached hydrogens (tertiary/aromatic N) is 1. The van der Waals surface area contributed by atoms with Gasteiger partial charge in [0.15, 0.2) is 0 Å². The van der Waals surface area contributed by atoms with Crippen LogP contribution in [0.25, 0.3) is 0 Å². The molecule has 1 aliphatic carbocycles. The monoisotopic (exact) mass is 478 g/mol. The van der Waals surface area contributed by atoms with E-state index in [1.807, 2.05) is 37.3 Å². The minimum Gasteiger partial charge on any atom is -0.352 e. The summed E-state index contributed by atoms with van der Waals surface area (Å²) in [5.74, 6) is 0.0529. The summed E-state index contributed by atoms with van der Waals surface area (Å²) >= 11 is 13.7. The minimum atomic E-state index is -0.582. The fourth-order valence-electron chi connectivity index (χ4n) is 3.67. The summed E-state index contributed by atoms with van der Waals surface area (Å²) in [4.78, 5) is 28.8. The van der Waals surface area contributed by atoms with Crippen molar-refractivity contribution in [2.75, 3.05) is 5.75 Å². The molecule has 7 heteroatoms. The number of benzene rings is 2. The van der Waals surface area contributed by atoms with Gasteiger partial charge in [0.05, 0.1) is 15.8 Å². The number of carbonyl (C=O) groups excluding carboxylic acids is 2. The van der Waals surface area contributed by atoms with Crippen LogP contribution in [0.1, 0.15) is 43.7 Å². The van der Waals surface area contributed by atoms with E-state index in [1.165, 1.54) is 17.3 Å². The van der Waals surface area contributed by atoms with Gasteiger partial charge < -0.3 is 10.2 Å². The van der Waals surface area contributed by atoms with Gasteiger partial charge in [0, 0.05) is 17.5 Å². The smallest absolute Gasteiger partial charge is 0.242 e. The molecule has 31 heavy (non-hydrogen) atoms. The zero-order valence-electron chi connectivity index (χ0n) is 17.9. The Labute approximate surface area is 198 Å². The van der Waals surface area contributed by atoms with Crippen LogP contribution in [0.3, 0.4) is 0 Å². The topological polar surface area (TPSA) is 49.4 Å². The maximum atomic E-state index is 13.2. The molecule has 1 atom stereocenters. The third kappa shape index (κ3) is 6.90.